The normalized spacial score (nSPS) is 10.9. The van der Waals surface area contributed by atoms with E-state index in [2.05, 4.69) is 15.4 Å². The van der Waals surface area contributed by atoms with Crippen LogP contribution >= 0.6 is 0 Å². The molecule has 6 nitrogen and oxygen atoms in total. The maximum absolute atomic E-state index is 12.2. The highest BCUT2D eigenvalue weighted by atomic mass is 19.4. The van der Waals surface area contributed by atoms with E-state index in [-0.39, 0.29) is 30.5 Å². The second kappa shape index (κ2) is 9.63. The van der Waals surface area contributed by atoms with Crippen LogP contribution in [0.15, 0.2) is 48.5 Å². The van der Waals surface area contributed by atoms with Crippen molar-refractivity contribution in [3.05, 3.63) is 54.1 Å². The fourth-order valence-electron chi connectivity index (χ4n) is 2.29. The van der Waals surface area contributed by atoms with Crippen LogP contribution in [0.2, 0.25) is 0 Å². The third-order valence-electron chi connectivity index (χ3n) is 3.57. The van der Waals surface area contributed by atoms with E-state index in [0.29, 0.717) is 17.7 Å². The SMILES string of the molecule is COc1ccc(C(=O)NCCCC(=O)Nc2cccc(OC(F)(F)F)c2)cc1. The molecule has 0 spiro atoms. The van der Waals surface area contributed by atoms with E-state index in [1.165, 1.54) is 19.2 Å². The number of hydrogen-bond donors (Lipinski definition) is 2. The predicted octanol–water partition coefficient (Wildman–Crippen LogP) is 3.74. The molecule has 0 atom stereocenters. The molecule has 0 saturated heterocycles. The molecule has 0 aromatic heterocycles. The number of hydrogen-bond acceptors (Lipinski definition) is 4. The first kappa shape index (κ1) is 21.1. The monoisotopic (exact) mass is 396 g/mol. The molecule has 2 aromatic carbocycles. The van der Waals surface area contributed by atoms with Gasteiger partial charge in [-0.15, -0.1) is 13.2 Å². The molecular formula is C19H19F3N2O4. The zero-order valence-electron chi connectivity index (χ0n) is 15.0. The Morgan fingerprint density at radius 2 is 1.75 bits per heavy atom. The van der Waals surface area contributed by atoms with Gasteiger partial charge in [-0.05, 0) is 42.8 Å². The molecule has 2 N–H and O–H groups in total. The number of ether oxygens (including phenoxy) is 2. The van der Waals surface area contributed by atoms with Gasteiger partial charge < -0.3 is 20.1 Å². The van der Waals surface area contributed by atoms with Crippen molar-refractivity contribution in [2.24, 2.45) is 0 Å². The first-order valence-corrected chi connectivity index (χ1v) is 8.35. The van der Waals surface area contributed by atoms with Crippen LogP contribution in [-0.4, -0.2) is 31.8 Å². The molecule has 0 aliphatic carbocycles. The van der Waals surface area contributed by atoms with Crippen molar-refractivity contribution in [2.45, 2.75) is 19.2 Å². The van der Waals surface area contributed by atoms with Crippen molar-refractivity contribution >= 4 is 17.5 Å². The van der Waals surface area contributed by atoms with Crippen LogP contribution in [0.4, 0.5) is 18.9 Å². The molecule has 0 heterocycles. The van der Waals surface area contributed by atoms with Gasteiger partial charge in [-0.3, -0.25) is 9.59 Å². The van der Waals surface area contributed by atoms with Gasteiger partial charge in [0, 0.05) is 30.3 Å². The lowest BCUT2D eigenvalue weighted by Crippen LogP contribution is -2.25. The summed E-state index contributed by atoms with van der Waals surface area (Å²) in [6.07, 6.45) is -4.34. The third kappa shape index (κ3) is 7.18. The molecule has 0 aliphatic heterocycles. The van der Waals surface area contributed by atoms with Gasteiger partial charge in [-0.25, -0.2) is 0 Å². The van der Waals surface area contributed by atoms with Crippen molar-refractivity contribution in [3.63, 3.8) is 0 Å². The summed E-state index contributed by atoms with van der Waals surface area (Å²) in [4.78, 5) is 23.9. The number of carbonyl (C=O) groups is 2. The number of benzene rings is 2. The summed E-state index contributed by atoms with van der Waals surface area (Å²) in [5.74, 6) is -0.446. The number of carbonyl (C=O) groups excluding carboxylic acids is 2. The molecule has 0 saturated carbocycles. The minimum absolute atomic E-state index is 0.0905. The van der Waals surface area contributed by atoms with Crippen LogP contribution < -0.4 is 20.1 Å². The Morgan fingerprint density at radius 3 is 2.39 bits per heavy atom. The highest BCUT2D eigenvalue weighted by Gasteiger charge is 2.31. The predicted molar refractivity (Wildman–Crippen MR) is 96.3 cm³/mol. The molecule has 150 valence electrons. The Balaban J connectivity index is 1.74. The minimum atomic E-state index is -4.80. The highest BCUT2D eigenvalue weighted by molar-refractivity contribution is 5.94. The Labute approximate surface area is 159 Å². The van der Waals surface area contributed by atoms with Gasteiger partial charge >= 0.3 is 6.36 Å². The summed E-state index contributed by atoms with van der Waals surface area (Å²) < 4.78 is 45.5. The van der Waals surface area contributed by atoms with Gasteiger partial charge in [0.05, 0.1) is 7.11 Å². The molecule has 0 radical (unpaired) electrons. The second-order valence-corrected chi connectivity index (χ2v) is 5.71. The molecule has 9 heteroatoms. The molecular weight excluding hydrogens is 377 g/mol. The van der Waals surface area contributed by atoms with E-state index < -0.39 is 12.1 Å². The zero-order chi connectivity index (χ0) is 20.6. The molecule has 2 amide bonds. The Morgan fingerprint density at radius 1 is 1.04 bits per heavy atom. The topological polar surface area (TPSA) is 76.7 Å². The molecule has 0 unspecified atom stereocenters. The summed E-state index contributed by atoms with van der Waals surface area (Å²) in [6, 6.07) is 11.6. The first-order chi connectivity index (χ1) is 13.3. The van der Waals surface area contributed by atoms with E-state index in [9.17, 15) is 22.8 Å². The van der Waals surface area contributed by atoms with E-state index >= 15 is 0 Å². The highest BCUT2D eigenvalue weighted by Crippen LogP contribution is 2.25. The average molecular weight is 396 g/mol. The third-order valence-corrected chi connectivity index (χ3v) is 3.57. The number of alkyl halides is 3. The standard InChI is InChI=1S/C19H19F3N2O4/c1-27-15-9-7-13(8-10-15)18(26)23-11-3-6-17(25)24-14-4-2-5-16(12-14)28-19(20,21)22/h2,4-5,7-10,12H,3,6,11H2,1H3,(H,23,26)(H,24,25). The van der Waals surface area contributed by atoms with Gasteiger partial charge in [0.1, 0.15) is 11.5 Å². The van der Waals surface area contributed by atoms with Crippen LogP contribution in [0.3, 0.4) is 0 Å². The Hall–Kier alpha value is -3.23. The smallest absolute Gasteiger partial charge is 0.497 e. The number of amides is 2. The van der Waals surface area contributed by atoms with E-state index in [4.69, 9.17) is 4.74 Å². The molecule has 0 fully saturated rings. The number of nitrogens with one attached hydrogen (secondary N) is 2. The Kier molecular flexibility index (Phi) is 7.25. The molecule has 0 aliphatic rings. The van der Waals surface area contributed by atoms with Crippen LogP contribution in [0.1, 0.15) is 23.2 Å². The summed E-state index contributed by atoms with van der Waals surface area (Å²) in [5, 5.41) is 5.17. The number of rotatable bonds is 8. The van der Waals surface area contributed by atoms with Gasteiger partial charge in [-0.1, -0.05) is 6.07 Å². The van der Waals surface area contributed by atoms with E-state index in [1.807, 2.05) is 0 Å². The second-order valence-electron chi connectivity index (χ2n) is 5.71. The summed E-state index contributed by atoms with van der Waals surface area (Å²) in [5.41, 5.74) is 0.653. The van der Waals surface area contributed by atoms with E-state index in [0.717, 1.165) is 12.1 Å². The zero-order valence-corrected chi connectivity index (χ0v) is 15.0. The lowest BCUT2D eigenvalue weighted by atomic mass is 10.2. The van der Waals surface area contributed by atoms with Crippen molar-refractivity contribution in [1.82, 2.24) is 5.32 Å². The van der Waals surface area contributed by atoms with Gasteiger partial charge in [-0.2, -0.15) is 0 Å². The quantitative estimate of drug-likeness (QED) is 0.667. The van der Waals surface area contributed by atoms with Crippen molar-refractivity contribution in [3.8, 4) is 11.5 Å². The van der Waals surface area contributed by atoms with Gasteiger partial charge in [0.2, 0.25) is 5.91 Å². The maximum atomic E-state index is 12.2. The fourth-order valence-corrected chi connectivity index (χ4v) is 2.29. The van der Waals surface area contributed by atoms with Crippen molar-refractivity contribution in [2.75, 3.05) is 19.0 Å². The fraction of sp³-hybridized carbons (Fsp3) is 0.263. The lowest BCUT2D eigenvalue weighted by Gasteiger charge is -2.11. The first-order valence-electron chi connectivity index (χ1n) is 8.35. The van der Waals surface area contributed by atoms with Gasteiger partial charge in [0.25, 0.3) is 5.91 Å². The number of methoxy groups -OCH3 is 1. The Bertz CT molecular complexity index is 808. The summed E-state index contributed by atoms with van der Waals surface area (Å²) in [7, 11) is 1.53. The number of halogens is 3. The molecule has 0 bridgehead atoms. The number of anilines is 1. The van der Waals surface area contributed by atoms with Gasteiger partial charge in [0.15, 0.2) is 0 Å². The molecule has 28 heavy (non-hydrogen) atoms. The largest absolute Gasteiger partial charge is 0.573 e. The molecule has 2 aromatic rings. The van der Waals surface area contributed by atoms with Crippen molar-refractivity contribution < 1.29 is 32.2 Å². The maximum Gasteiger partial charge on any atom is 0.573 e. The van der Waals surface area contributed by atoms with E-state index in [1.54, 1.807) is 24.3 Å². The van der Waals surface area contributed by atoms with Crippen molar-refractivity contribution in [1.29, 1.82) is 0 Å². The average Bonchev–Trinajstić information content (AvgIpc) is 2.64. The van der Waals surface area contributed by atoms with Crippen LogP contribution in [-0.2, 0) is 4.79 Å². The summed E-state index contributed by atoms with van der Waals surface area (Å²) in [6.45, 7) is 0.273. The van der Waals surface area contributed by atoms with Crippen LogP contribution in [0, 0.1) is 0 Å². The molecule has 2 rings (SSSR count). The van der Waals surface area contributed by atoms with Crippen LogP contribution in [0.25, 0.3) is 0 Å². The van der Waals surface area contributed by atoms with Crippen LogP contribution in [0.5, 0.6) is 11.5 Å². The lowest BCUT2D eigenvalue weighted by molar-refractivity contribution is -0.274. The minimum Gasteiger partial charge on any atom is -0.497 e. The summed E-state index contributed by atoms with van der Waals surface area (Å²) >= 11 is 0.